The minimum absolute atomic E-state index is 0.0129. The average Bonchev–Trinajstić information content (AvgIpc) is 3.24. The average molecular weight is 316 g/mol. The second-order valence-electron chi connectivity index (χ2n) is 5.36. The first kappa shape index (κ1) is 15.1. The van der Waals surface area contributed by atoms with Crippen LogP contribution in [0.5, 0.6) is 5.75 Å². The number of benzene rings is 1. The standard InChI is InChI=1S/C17H20N2O2S/c1-21-13-6-4-12(5-7-13)16-9-8-14(22-16)11-19-17(20)15-3-2-10-18-15/h4-9,15,18H,2-3,10-11H2,1H3,(H,19,20). The first-order chi connectivity index (χ1) is 10.8. The third kappa shape index (κ3) is 3.48. The fourth-order valence-corrected chi connectivity index (χ4v) is 3.54. The van der Waals surface area contributed by atoms with Crippen LogP contribution in [-0.2, 0) is 11.3 Å². The summed E-state index contributed by atoms with van der Waals surface area (Å²) in [6.45, 7) is 1.54. The lowest BCUT2D eigenvalue weighted by atomic mass is 10.2. The van der Waals surface area contributed by atoms with Crippen LogP contribution >= 0.6 is 11.3 Å². The first-order valence-electron chi connectivity index (χ1n) is 7.50. The predicted octanol–water partition coefficient (Wildman–Crippen LogP) is 2.79. The summed E-state index contributed by atoms with van der Waals surface area (Å²) in [5.74, 6) is 0.966. The molecule has 116 valence electrons. The molecular weight excluding hydrogens is 296 g/mol. The zero-order valence-electron chi connectivity index (χ0n) is 12.6. The van der Waals surface area contributed by atoms with Crippen molar-refractivity contribution in [2.75, 3.05) is 13.7 Å². The number of ether oxygens (including phenoxy) is 1. The summed E-state index contributed by atoms with van der Waals surface area (Å²) in [4.78, 5) is 14.3. The van der Waals surface area contributed by atoms with E-state index < -0.39 is 0 Å². The Morgan fingerprint density at radius 1 is 1.32 bits per heavy atom. The van der Waals surface area contributed by atoms with Gasteiger partial charge in [-0.15, -0.1) is 11.3 Å². The number of methoxy groups -OCH3 is 1. The lowest BCUT2D eigenvalue weighted by Crippen LogP contribution is -2.39. The number of hydrogen-bond acceptors (Lipinski definition) is 4. The zero-order valence-corrected chi connectivity index (χ0v) is 13.4. The smallest absolute Gasteiger partial charge is 0.237 e. The molecule has 1 aliphatic rings. The molecule has 0 spiro atoms. The van der Waals surface area contributed by atoms with Crippen LogP contribution in [0.25, 0.3) is 10.4 Å². The normalized spacial score (nSPS) is 17.4. The molecular formula is C17H20N2O2S. The summed E-state index contributed by atoms with van der Waals surface area (Å²) in [5.41, 5.74) is 1.17. The Morgan fingerprint density at radius 2 is 2.14 bits per heavy atom. The highest BCUT2D eigenvalue weighted by molar-refractivity contribution is 7.15. The van der Waals surface area contributed by atoms with Crippen molar-refractivity contribution < 1.29 is 9.53 Å². The molecule has 0 bridgehead atoms. The monoisotopic (exact) mass is 316 g/mol. The third-order valence-electron chi connectivity index (χ3n) is 3.85. The Kier molecular flexibility index (Phi) is 4.75. The maximum absolute atomic E-state index is 12.0. The second-order valence-corrected chi connectivity index (χ2v) is 6.53. The van der Waals surface area contributed by atoms with Crippen LogP contribution < -0.4 is 15.4 Å². The fraction of sp³-hybridized carbons (Fsp3) is 0.353. The van der Waals surface area contributed by atoms with E-state index in [4.69, 9.17) is 4.74 Å². The Bertz CT molecular complexity index is 630. The maximum Gasteiger partial charge on any atom is 0.237 e. The predicted molar refractivity (Wildman–Crippen MR) is 89.2 cm³/mol. The molecule has 3 rings (SSSR count). The number of hydrogen-bond donors (Lipinski definition) is 2. The van der Waals surface area contributed by atoms with Crippen LogP contribution in [0.3, 0.4) is 0 Å². The van der Waals surface area contributed by atoms with Gasteiger partial charge in [-0.25, -0.2) is 0 Å². The molecule has 1 saturated heterocycles. The number of carbonyl (C=O) groups excluding carboxylic acids is 1. The number of rotatable bonds is 5. The molecule has 2 N–H and O–H groups in total. The van der Waals surface area contributed by atoms with Gasteiger partial charge in [0.05, 0.1) is 19.7 Å². The van der Waals surface area contributed by atoms with Gasteiger partial charge in [0.2, 0.25) is 5.91 Å². The highest BCUT2D eigenvalue weighted by atomic mass is 32.1. The largest absolute Gasteiger partial charge is 0.497 e. The molecule has 1 aromatic heterocycles. The van der Waals surface area contributed by atoms with Crippen LogP contribution in [-0.4, -0.2) is 25.6 Å². The molecule has 5 heteroatoms. The minimum Gasteiger partial charge on any atom is -0.497 e. The maximum atomic E-state index is 12.0. The summed E-state index contributed by atoms with van der Waals surface area (Å²) in [6, 6.07) is 12.2. The minimum atomic E-state index is -0.0129. The van der Waals surface area contributed by atoms with Gasteiger partial charge in [0.1, 0.15) is 5.75 Å². The lowest BCUT2D eigenvalue weighted by molar-refractivity contribution is -0.122. The van der Waals surface area contributed by atoms with E-state index in [0.29, 0.717) is 6.54 Å². The first-order valence-corrected chi connectivity index (χ1v) is 8.32. The van der Waals surface area contributed by atoms with E-state index in [-0.39, 0.29) is 11.9 Å². The van der Waals surface area contributed by atoms with E-state index in [1.165, 1.54) is 10.4 Å². The van der Waals surface area contributed by atoms with Gasteiger partial charge in [-0.1, -0.05) is 0 Å². The van der Waals surface area contributed by atoms with Crippen molar-refractivity contribution in [1.82, 2.24) is 10.6 Å². The molecule has 0 saturated carbocycles. The molecule has 1 fully saturated rings. The van der Waals surface area contributed by atoms with Crippen molar-refractivity contribution in [3.8, 4) is 16.2 Å². The van der Waals surface area contributed by atoms with Crippen LogP contribution in [0.2, 0.25) is 0 Å². The highest BCUT2D eigenvalue weighted by Gasteiger charge is 2.21. The van der Waals surface area contributed by atoms with Crippen molar-refractivity contribution in [2.24, 2.45) is 0 Å². The van der Waals surface area contributed by atoms with Gasteiger partial charge >= 0.3 is 0 Å². The Labute approximate surface area is 134 Å². The Hall–Kier alpha value is -1.85. The number of nitrogens with one attached hydrogen (secondary N) is 2. The lowest BCUT2D eigenvalue weighted by Gasteiger charge is -2.09. The second kappa shape index (κ2) is 6.94. The van der Waals surface area contributed by atoms with Crippen LogP contribution in [0.15, 0.2) is 36.4 Å². The van der Waals surface area contributed by atoms with E-state index in [0.717, 1.165) is 30.0 Å². The quantitative estimate of drug-likeness (QED) is 0.892. The SMILES string of the molecule is COc1ccc(-c2ccc(CNC(=O)C3CCCN3)s2)cc1. The summed E-state index contributed by atoms with van der Waals surface area (Å²) < 4.78 is 5.17. The fourth-order valence-electron chi connectivity index (χ4n) is 2.59. The van der Waals surface area contributed by atoms with Crippen molar-refractivity contribution in [1.29, 1.82) is 0 Å². The van der Waals surface area contributed by atoms with E-state index >= 15 is 0 Å². The molecule has 1 aliphatic heterocycles. The van der Waals surface area contributed by atoms with Gasteiger partial charge in [0, 0.05) is 9.75 Å². The van der Waals surface area contributed by atoms with Gasteiger partial charge in [0.25, 0.3) is 0 Å². The van der Waals surface area contributed by atoms with E-state index in [1.54, 1.807) is 18.4 Å². The summed E-state index contributed by atoms with van der Waals surface area (Å²) in [7, 11) is 1.67. The van der Waals surface area contributed by atoms with Crippen LogP contribution in [0, 0.1) is 0 Å². The van der Waals surface area contributed by atoms with E-state index in [9.17, 15) is 4.79 Å². The van der Waals surface area contributed by atoms with Gasteiger partial charge in [-0.3, -0.25) is 4.79 Å². The molecule has 2 heterocycles. The summed E-state index contributed by atoms with van der Waals surface area (Å²) in [5, 5.41) is 6.23. The molecule has 4 nitrogen and oxygen atoms in total. The molecule has 1 amide bonds. The number of amides is 1. The van der Waals surface area contributed by atoms with Crippen molar-refractivity contribution in [3.63, 3.8) is 0 Å². The molecule has 2 aromatic rings. The Balaban J connectivity index is 1.59. The summed E-state index contributed by atoms with van der Waals surface area (Å²) >= 11 is 1.71. The molecule has 0 aliphatic carbocycles. The third-order valence-corrected chi connectivity index (χ3v) is 4.98. The number of thiophene rings is 1. The van der Waals surface area contributed by atoms with Gasteiger partial charge in [-0.05, 0) is 61.3 Å². The molecule has 1 atom stereocenters. The van der Waals surface area contributed by atoms with E-state index in [1.807, 2.05) is 12.1 Å². The molecule has 0 radical (unpaired) electrons. The van der Waals surface area contributed by atoms with Crippen molar-refractivity contribution >= 4 is 17.2 Å². The van der Waals surface area contributed by atoms with Crippen molar-refractivity contribution in [3.05, 3.63) is 41.3 Å². The number of carbonyl (C=O) groups is 1. The van der Waals surface area contributed by atoms with Crippen LogP contribution in [0.4, 0.5) is 0 Å². The topological polar surface area (TPSA) is 50.4 Å². The van der Waals surface area contributed by atoms with Gasteiger partial charge < -0.3 is 15.4 Å². The van der Waals surface area contributed by atoms with Crippen LogP contribution in [0.1, 0.15) is 17.7 Å². The van der Waals surface area contributed by atoms with Gasteiger partial charge in [0.15, 0.2) is 0 Å². The molecule has 1 aromatic carbocycles. The Morgan fingerprint density at radius 3 is 2.82 bits per heavy atom. The summed E-state index contributed by atoms with van der Waals surface area (Å²) in [6.07, 6.45) is 2.02. The van der Waals surface area contributed by atoms with Crippen molar-refractivity contribution in [2.45, 2.75) is 25.4 Å². The van der Waals surface area contributed by atoms with E-state index in [2.05, 4.69) is 34.9 Å². The van der Waals surface area contributed by atoms with Gasteiger partial charge in [-0.2, -0.15) is 0 Å². The molecule has 1 unspecified atom stereocenters. The highest BCUT2D eigenvalue weighted by Crippen LogP contribution is 2.29. The molecule has 22 heavy (non-hydrogen) atoms. The zero-order chi connectivity index (χ0) is 15.4.